The lowest BCUT2D eigenvalue weighted by Crippen LogP contribution is -2.61. The summed E-state index contributed by atoms with van der Waals surface area (Å²) in [5, 5.41) is 0. The molecule has 0 aromatic carbocycles. The second-order valence-corrected chi connectivity index (χ2v) is 3.23. The van der Waals surface area contributed by atoms with Gasteiger partial charge in [0.15, 0.2) is 0 Å². The van der Waals surface area contributed by atoms with Crippen LogP contribution < -0.4 is 0 Å². The van der Waals surface area contributed by atoms with Gasteiger partial charge in [0.1, 0.15) is 6.79 Å². The van der Waals surface area contributed by atoms with E-state index in [4.69, 9.17) is 0 Å². The third-order valence-corrected chi connectivity index (χ3v) is 1.90. The summed E-state index contributed by atoms with van der Waals surface area (Å²) in [6, 6.07) is 0. The van der Waals surface area contributed by atoms with Gasteiger partial charge in [0, 0.05) is 13.0 Å². The van der Waals surface area contributed by atoms with Crippen LogP contribution in [-0.2, 0) is 9.47 Å². The van der Waals surface area contributed by atoms with Gasteiger partial charge in [-0.3, -0.25) is 0 Å². The highest BCUT2D eigenvalue weighted by molar-refractivity contribution is 5.13. The minimum atomic E-state index is -5.59. The van der Waals surface area contributed by atoms with Crippen LogP contribution in [0.2, 0.25) is 0 Å². The van der Waals surface area contributed by atoms with Crippen LogP contribution in [0.5, 0.6) is 0 Å². The number of methoxy groups -OCH3 is 1. The minimum Gasteiger partial charge on any atom is -0.359 e. The lowest BCUT2D eigenvalue weighted by atomic mass is 9.88. The van der Waals surface area contributed by atoms with Gasteiger partial charge in [-0.1, -0.05) is 13.8 Å². The number of hydrogen-bond donors (Lipinski definition) is 0. The van der Waals surface area contributed by atoms with Crippen molar-refractivity contribution in [3.05, 3.63) is 5.92 Å². The molecule has 97 valence electrons. The van der Waals surface area contributed by atoms with Crippen molar-refractivity contribution in [2.45, 2.75) is 31.8 Å². The monoisotopic (exact) mass is 253 g/mol. The summed E-state index contributed by atoms with van der Waals surface area (Å²) in [6.07, 6.45) is -11.2. The van der Waals surface area contributed by atoms with Gasteiger partial charge in [-0.25, -0.2) is 0 Å². The molecule has 0 aliphatic carbocycles. The number of rotatable bonds is 4. The lowest BCUT2D eigenvalue weighted by molar-refractivity contribution is -0.384. The van der Waals surface area contributed by atoms with Crippen molar-refractivity contribution in [2.75, 3.05) is 13.9 Å². The molecule has 0 N–H and O–H groups in total. The van der Waals surface area contributed by atoms with Crippen molar-refractivity contribution in [2.24, 2.45) is 0 Å². The fourth-order valence-electron chi connectivity index (χ4n) is 1.18. The summed E-state index contributed by atoms with van der Waals surface area (Å²) < 4.78 is 83.1. The predicted octanol–water partition coefficient (Wildman–Crippen LogP) is 3.08. The Bertz CT molecular complexity index is 206. The molecule has 0 spiro atoms. The van der Waals surface area contributed by atoms with Crippen LogP contribution in [0.4, 0.5) is 26.3 Å². The molecule has 0 bridgehead atoms. The molecule has 8 heteroatoms. The van der Waals surface area contributed by atoms with Crippen LogP contribution in [0.3, 0.4) is 0 Å². The van der Waals surface area contributed by atoms with Crippen LogP contribution in [-0.4, -0.2) is 31.9 Å². The molecule has 0 unspecified atom stereocenters. The number of hydrogen-bond acceptors (Lipinski definition) is 2. The van der Waals surface area contributed by atoms with E-state index in [-0.39, 0.29) is 0 Å². The zero-order valence-electron chi connectivity index (χ0n) is 8.79. The summed E-state index contributed by atoms with van der Waals surface area (Å²) in [6.45, 7) is 0.303. The van der Waals surface area contributed by atoms with Crippen molar-refractivity contribution >= 4 is 0 Å². The lowest BCUT2D eigenvalue weighted by Gasteiger charge is -2.39. The van der Waals surface area contributed by atoms with Crippen LogP contribution in [0.15, 0.2) is 0 Å². The maximum Gasteiger partial charge on any atom is 0.427 e. The molecule has 0 amide bonds. The zero-order valence-corrected chi connectivity index (χ0v) is 8.79. The molecule has 0 aliphatic heterocycles. The average molecular weight is 253 g/mol. The van der Waals surface area contributed by atoms with Gasteiger partial charge in [0.05, 0.1) is 0 Å². The molecule has 0 heterocycles. The van der Waals surface area contributed by atoms with Crippen molar-refractivity contribution in [3.8, 4) is 0 Å². The fraction of sp³-hybridized carbons (Fsp3) is 0.875. The van der Waals surface area contributed by atoms with Gasteiger partial charge >= 0.3 is 12.4 Å². The molecule has 0 fully saturated rings. The molecular weight excluding hydrogens is 242 g/mol. The Kier molecular flexibility index (Phi) is 4.64. The normalized spacial score (nSPS) is 14.6. The highest BCUT2D eigenvalue weighted by Gasteiger charge is 2.74. The third-order valence-electron chi connectivity index (χ3n) is 1.90. The van der Waals surface area contributed by atoms with E-state index >= 15 is 0 Å². The van der Waals surface area contributed by atoms with Gasteiger partial charge in [-0.2, -0.15) is 26.3 Å². The maximum atomic E-state index is 12.5. The molecule has 0 saturated carbocycles. The molecular formula is C8H11F6O2. The molecule has 2 nitrogen and oxygen atoms in total. The van der Waals surface area contributed by atoms with Crippen LogP contribution in [0.25, 0.3) is 0 Å². The standard InChI is InChI=1S/C8H11F6O2/c1-5(2)6(7(9,10)11,8(12,13)14)16-4-15-3/h4H2,1-3H3. The van der Waals surface area contributed by atoms with E-state index in [1.54, 1.807) is 0 Å². The van der Waals surface area contributed by atoms with Crippen molar-refractivity contribution in [1.29, 1.82) is 0 Å². The van der Waals surface area contributed by atoms with Crippen LogP contribution in [0, 0.1) is 5.92 Å². The smallest absolute Gasteiger partial charge is 0.359 e. The van der Waals surface area contributed by atoms with E-state index in [1.165, 1.54) is 0 Å². The Balaban J connectivity index is 5.42. The molecule has 0 aromatic rings. The highest BCUT2D eigenvalue weighted by Crippen LogP contribution is 2.51. The molecule has 1 radical (unpaired) electrons. The van der Waals surface area contributed by atoms with Crippen molar-refractivity contribution in [1.82, 2.24) is 0 Å². The number of ether oxygens (including phenoxy) is 2. The first-order chi connectivity index (χ1) is 7.00. The second kappa shape index (κ2) is 4.79. The fourth-order valence-corrected chi connectivity index (χ4v) is 1.18. The summed E-state index contributed by atoms with van der Waals surface area (Å²) in [5.74, 6) is -0.954. The number of alkyl halides is 6. The highest BCUT2D eigenvalue weighted by atomic mass is 19.4. The molecule has 0 aliphatic rings. The largest absolute Gasteiger partial charge is 0.427 e. The van der Waals surface area contributed by atoms with E-state index in [0.29, 0.717) is 13.8 Å². The van der Waals surface area contributed by atoms with E-state index in [0.717, 1.165) is 7.11 Å². The zero-order chi connectivity index (χ0) is 13.2. The second-order valence-electron chi connectivity index (χ2n) is 3.23. The quantitative estimate of drug-likeness (QED) is 0.566. The van der Waals surface area contributed by atoms with Crippen LogP contribution >= 0.6 is 0 Å². The van der Waals surface area contributed by atoms with Crippen molar-refractivity contribution < 1.29 is 35.8 Å². The predicted molar refractivity (Wildman–Crippen MR) is 42.4 cm³/mol. The Morgan fingerprint density at radius 3 is 1.50 bits per heavy atom. The number of halogens is 6. The SMILES string of the molecule is COCOC([C](C)C)(C(F)(F)F)C(F)(F)F. The Morgan fingerprint density at radius 1 is 0.938 bits per heavy atom. The molecule has 0 aromatic heterocycles. The van der Waals surface area contributed by atoms with Crippen molar-refractivity contribution in [3.63, 3.8) is 0 Å². The van der Waals surface area contributed by atoms with Gasteiger partial charge in [-0.15, -0.1) is 0 Å². The first-order valence-corrected chi connectivity index (χ1v) is 4.07. The Labute approximate surface area is 88.5 Å². The first kappa shape index (κ1) is 15.5. The summed E-state index contributed by atoms with van der Waals surface area (Å²) in [4.78, 5) is 0. The van der Waals surface area contributed by atoms with Crippen LogP contribution in [0.1, 0.15) is 13.8 Å². The van der Waals surface area contributed by atoms with E-state index in [9.17, 15) is 26.3 Å². The maximum absolute atomic E-state index is 12.5. The molecule has 16 heavy (non-hydrogen) atoms. The molecule has 0 rings (SSSR count). The average Bonchev–Trinajstić information content (AvgIpc) is 1.99. The van der Waals surface area contributed by atoms with Gasteiger partial charge in [0.25, 0.3) is 5.60 Å². The van der Waals surface area contributed by atoms with E-state index < -0.39 is 30.7 Å². The molecule has 0 atom stereocenters. The van der Waals surface area contributed by atoms with E-state index in [2.05, 4.69) is 9.47 Å². The minimum absolute atomic E-state index is 0.705. The third kappa shape index (κ3) is 2.60. The topological polar surface area (TPSA) is 18.5 Å². The summed E-state index contributed by atoms with van der Waals surface area (Å²) >= 11 is 0. The first-order valence-electron chi connectivity index (χ1n) is 4.07. The van der Waals surface area contributed by atoms with Gasteiger partial charge in [0.2, 0.25) is 0 Å². The molecule has 0 saturated heterocycles. The Hall–Kier alpha value is -0.500. The van der Waals surface area contributed by atoms with E-state index in [1.807, 2.05) is 0 Å². The van der Waals surface area contributed by atoms with Gasteiger partial charge < -0.3 is 9.47 Å². The Morgan fingerprint density at radius 2 is 1.31 bits per heavy atom. The summed E-state index contributed by atoms with van der Waals surface area (Å²) in [7, 11) is 0.933. The van der Waals surface area contributed by atoms with Gasteiger partial charge in [-0.05, 0) is 0 Å². The summed E-state index contributed by atoms with van der Waals surface area (Å²) in [5.41, 5.74) is -4.28.